The lowest BCUT2D eigenvalue weighted by atomic mass is 10.0. The van der Waals surface area contributed by atoms with Crippen LogP contribution in [0.2, 0.25) is 5.02 Å². The zero-order valence-electron chi connectivity index (χ0n) is 13.9. The molecule has 1 saturated heterocycles. The van der Waals surface area contributed by atoms with Gasteiger partial charge in [0.2, 0.25) is 5.91 Å². The predicted molar refractivity (Wildman–Crippen MR) is 109 cm³/mol. The molecule has 1 unspecified atom stereocenters. The van der Waals surface area contributed by atoms with Gasteiger partial charge in [-0.2, -0.15) is 0 Å². The van der Waals surface area contributed by atoms with Crippen molar-refractivity contribution >= 4 is 64.7 Å². The Hall–Kier alpha value is -1.38. The number of carbonyl (C=O) groups is 2. The van der Waals surface area contributed by atoms with E-state index < -0.39 is 0 Å². The second-order valence-electron chi connectivity index (χ2n) is 5.49. The van der Waals surface area contributed by atoms with Crippen molar-refractivity contribution in [3.63, 3.8) is 0 Å². The summed E-state index contributed by atoms with van der Waals surface area (Å²) in [6.07, 6.45) is 0. The van der Waals surface area contributed by atoms with Crippen molar-refractivity contribution in [3.8, 4) is 0 Å². The Morgan fingerprint density at radius 3 is 2.85 bits per heavy atom. The number of halogens is 3. The van der Waals surface area contributed by atoms with Gasteiger partial charge in [-0.15, -0.1) is 36.2 Å². The van der Waals surface area contributed by atoms with Crippen LogP contribution >= 0.6 is 47.8 Å². The van der Waals surface area contributed by atoms with Crippen molar-refractivity contribution in [2.45, 2.75) is 13.0 Å². The quantitative estimate of drug-likeness (QED) is 0.772. The smallest absolute Gasteiger partial charge is 0.274 e. The van der Waals surface area contributed by atoms with E-state index in [1.165, 1.54) is 18.3 Å². The van der Waals surface area contributed by atoms with E-state index in [2.05, 4.69) is 15.6 Å². The molecule has 26 heavy (non-hydrogen) atoms. The third kappa shape index (κ3) is 5.31. The lowest BCUT2D eigenvalue weighted by Gasteiger charge is -2.36. The number of anilines is 1. The molecule has 1 atom stereocenters. The summed E-state index contributed by atoms with van der Waals surface area (Å²) >= 11 is 7.33. The summed E-state index contributed by atoms with van der Waals surface area (Å²) in [6.45, 7) is 3.39. The van der Waals surface area contributed by atoms with Crippen LogP contribution in [-0.4, -0.2) is 41.3 Å². The molecular formula is C16H19Cl3N4O2S. The Morgan fingerprint density at radius 2 is 2.15 bits per heavy atom. The van der Waals surface area contributed by atoms with Gasteiger partial charge in [-0.25, -0.2) is 4.98 Å². The summed E-state index contributed by atoms with van der Waals surface area (Å²) in [5.41, 5.74) is 1.33. The maximum atomic E-state index is 12.9. The largest absolute Gasteiger partial charge is 0.328 e. The monoisotopic (exact) mass is 436 g/mol. The number of hydrogen-bond donors (Lipinski definition) is 2. The van der Waals surface area contributed by atoms with Crippen molar-refractivity contribution in [2.75, 3.05) is 25.0 Å². The Morgan fingerprint density at radius 1 is 1.38 bits per heavy atom. The van der Waals surface area contributed by atoms with E-state index in [9.17, 15) is 9.59 Å². The van der Waals surface area contributed by atoms with Crippen molar-refractivity contribution < 1.29 is 9.59 Å². The standard InChI is InChI=1S/C16H17ClN4O2S.2ClH/c1-10(22)19-16-20-13(9-24-16)15(23)21-6-5-18-8-14(21)11-3-2-4-12(17)7-11;;/h2-4,7,9,14,18H,5-6,8H2,1H3,(H,19,20,22);2*1H. The molecule has 0 spiro atoms. The number of amides is 2. The fraction of sp³-hybridized carbons (Fsp3) is 0.312. The minimum Gasteiger partial charge on any atom is -0.328 e. The van der Waals surface area contributed by atoms with Crippen molar-refractivity contribution in [2.24, 2.45) is 0 Å². The van der Waals surface area contributed by atoms with Gasteiger partial charge in [-0.1, -0.05) is 23.7 Å². The Balaban J connectivity index is 0.00000169. The number of aromatic nitrogens is 1. The molecule has 2 amide bonds. The van der Waals surface area contributed by atoms with Gasteiger partial charge in [-0.05, 0) is 17.7 Å². The van der Waals surface area contributed by atoms with Crippen LogP contribution in [-0.2, 0) is 4.79 Å². The topological polar surface area (TPSA) is 74.3 Å². The summed E-state index contributed by atoms with van der Waals surface area (Å²) in [7, 11) is 0. The molecule has 142 valence electrons. The van der Waals surface area contributed by atoms with Crippen LogP contribution in [0.25, 0.3) is 0 Å². The first kappa shape index (κ1) is 22.7. The molecule has 2 N–H and O–H groups in total. The first-order valence-corrected chi connectivity index (χ1v) is 8.80. The zero-order chi connectivity index (χ0) is 17.1. The van der Waals surface area contributed by atoms with Gasteiger partial charge >= 0.3 is 0 Å². The normalized spacial score (nSPS) is 16.2. The van der Waals surface area contributed by atoms with Crippen molar-refractivity contribution in [1.82, 2.24) is 15.2 Å². The highest BCUT2D eigenvalue weighted by atomic mass is 35.5. The fourth-order valence-electron chi connectivity index (χ4n) is 2.69. The Labute approximate surface area is 173 Å². The van der Waals surface area contributed by atoms with E-state index in [4.69, 9.17) is 11.6 Å². The van der Waals surface area contributed by atoms with Gasteiger partial charge in [0.1, 0.15) is 5.69 Å². The van der Waals surface area contributed by atoms with E-state index in [1.54, 1.807) is 10.3 Å². The molecule has 1 fully saturated rings. The predicted octanol–water partition coefficient (Wildman–Crippen LogP) is 3.39. The number of carbonyl (C=O) groups excluding carboxylic acids is 2. The van der Waals surface area contributed by atoms with Gasteiger partial charge in [0, 0.05) is 37.0 Å². The third-order valence-electron chi connectivity index (χ3n) is 3.74. The number of hydrogen-bond acceptors (Lipinski definition) is 5. The van der Waals surface area contributed by atoms with Crippen LogP contribution in [0.4, 0.5) is 5.13 Å². The highest BCUT2D eigenvalue weighted by Crippen LogP contribution is 2.27. The number of nitrogens with one attached hydrogen (secondary N) is 2. The molecule has 0 saturated carbocycles. The van der Waals surface area contributed by atoms with Gasteiger partial charge in [0.15, 0.2) is 5.13 Å². The van der Waals surface area contributed by atoms with Crippen LogP contribution in [0.1, 0.15) is 29.0 Å². The molecule has 6 nitrogen and oxygen atoms in total. The first-order chi connectivity index (χ1) is 11.5. The summed E-state index contributed by atoms with van der Waals surface area (Å²) in [5, 5.41) is 8.66. The second kappa shape index (κ2) is 10.1. The van der Waals surface area contributed by atoms with Gasteiger partial charge in [0.25, 0.3) is 5.91 Å². The molecule has 1 aromatic heterocycles. The van der Waals surface area contributed by atoms with E-state index in [1.807, 2.05) is 24.3 Å². The van der Waals surface area contributed by atoms with Crippen LogP contribution in [0.15, 0.2) is 29.6 Å². The van der Waals surface area contributed by atoms with E-state index in [-0.39, 0.29) is 42.7 Å². The number of nitrogens with zero attached hydrogens (tertiary/aromatic N) is 2. The van der Waals surface area contributed by atoms with E-state index in [0.29, 0.717) is 28.9 Å². The zero-order valence-corrected chi connectivity index (χ0v) is 17.1. The lowest BCUT2D eigenvalue weighted by Crippen LogP contribution is -2.48. The summed E-state index contributed by atoms with van der Waals surface area (Å²) in [4.78, 5) is 30.0. The SMILES string of the molecule is CC(=O)Nc1nc(C(=O)N2CCNCC2c2cccc(Cl)c2)cs1.Cl.Cl. The van der Waals surface area contributed by atoms with Gasteiger partial charge in [0.05, 0.1) is 6.04 Å². The summed E-state index contributed by atoms with van der Waals surface area (Å²) in [6, 6.07) is 7.44. The van der Waals surface area contributed by atoms with E-state index in [0.717, 1.165) is 12.1 Å². The molecule has 2 aromatic rings. The van der Waals surface area contributed by atoms with Crippen LogP contribution in [0.5, 0.6) is 0 Å². The summed E-state index contributed by atoms with van der Waals surface area (Å²) < 4.78 is 0. The minimum absolute atomic E-state index is 0. The Bertz CT molecular complexity index is 771. The maximum absolute atomic E-state index is 12.9. The molecule has 1 aliphatic heterocycles. The molecule has 1 aliphatic rings. The second-order valence-corrected chi connectivity index (χ2v) is 6.79. The molecule has 10 heteroatoms. The van der Waals surface area contributed by atoms with Crippen molar-refractivity contribution in [3.05, 3.63) is 45.9 Å². The minimum atomic E-state index is -0.206. The average molecular weight is 438 g/mol. The number of rotatable bonds is 3. The highest BCUT2D eigenvalue weighted by molar-refractivity contribution is 7.14. The number of benzene rings is 1. The van der Waals surface area contributed by atoms with Crippen LogP contribution in [0.3, 0.4) is 0 Å². The molecule has 0 radical (unpaired) electrons. The van der Waals surface area contributed by atoms with E-state index >= 15 is 0 Å². The summed E-state index contributed by atoms with van der Waals surface area (Å²) in [5.74, 6) is -0.350. The van der Waals surface area contributed by atoms with Crippen LogP contribution in [0, 0.1) is 0 Å². The van der Waals surface area contributed by atoms with Gasteiger partial charge < -0.3 is 15.5 Å². The third-order valence-corrected chi connectivity index (χ3v) is 4.74. The fourth-order valence-corrected chi connectivity index (χ4v) is 3.62. The van der Waals surface area contributed by atoms with Crippen molar-refractivity contribution in [1.29, 1.82) is 0 Å². The molecule has 0 aliphatic carbocycles. The molecule has 1 aromatic carbocycles. The average Bonchev–Trinajstić information content (AvgIpc) is 3.02. The Kier molecular flexibility index (Phi) is 8.79. The molecule has 3 rings (SSSR count). The molecular weight excluding hydrogens is 419 g/mol. The van der Waals surface area contributed by atoms with Crippen LogP contribution < -0.4 is 10.6 Å². The van der Waals surface area contributed by atoms with Gasteiger partial charge in [-0.3, -0.25) is 9.59 Å². The molecule has 2 heterocycles. The highest BCUT2D eigenvalue weighted by Gasteiger charge is 2.30. The number of thiazole rings is 1. The first-order valence-electron chi connectivity index (χ1n) is 7.55. The lowest BCUT2D eigenvalue weighted by molar-refractivity contribution is -0.114. The maximum Gasteiger partial charge on any atom is 0.274 e. The molecule has 0 bridgehead atoms. The number of piperazine rings is 1.